The van der Waals surface area contributed by atoms with Crippen molar-refractivity contribution in [2.24, 2.45) is 17.6 Å². The summed E-state index contributed by atoms with van der Waals surface area (Å²) >= 11 is 0. The van der Waals surface area contributed by atoms with E-state index in [0.29, 0.717) is 43.3 Å². The number of carbonyl (C=O) groups is 2. The standard InChI is InChI=1S/C32H43N3O12S/c1-20(2)16-35(48(39,40)23-8-9-27-28(15-23)46-19-45-27)17-26(36)25(34-32(38)47-29-18-44-30-24(29)10-13-42-30)14-21-4-6-22(7-5-21)41-11-3-12-43-31(33)37/h4-9,15,20,24-26,29-30,36H,3,10-14,16-19H2,1-2H3,(H2,33,37)(H,34,38). The molecule has 2 amide bonds. The number of rotatable bonds is 16. The minimum absolute atomic E-state index is 0.00284. The quantitative estimate of drug-likeness (QED) is 0.218. The number of aliphatic hydroxyl groups is 1. The van der Waals surface area contributed by atoms with Crippen molar-refractivity contribution in [3.8, 4) is 17.2 Å². The molecule has 3 heterocycles. The Hall–Kier alpha value is -3.83. The zero-order valence-corrected chi connectivity index (χ0v) is 27.8. The van der Waals surface area contributed by atoms with Crippen molar-refractivity contribution in [1.82, 2.24) is 9.62 Å². The van der Waals surface area contributed by atoms with Gasteiger partial charge in [-0.3, -0.25) is 0 Å². The lowest BCUT2D eigenvalue weighted by atomic mass is 10.0. The third-order valence-electron chi connectivity index (χ3n) is 8.13. The Bertz CT molecular complexity index is 1510. The van der Waals surface area contributed by atoms with Gasteiger partial charge in [0.05, 0.1) is 49.4 Å². The first kappa shape index (κ1) is 35.5. The summed E-state index contributed by atoms with van der Waals surface area (Å²) < 4.78 is 66.9. The van der Waals surface area contributed by atoms with E-state index < -0.39 is 46.7 Å². The van der Waals surface area contributed by atoms with E-state index in [1.165, 1.54) is 22.5 Å². The minimum atomic E-state index is -4.09. The van der Waals surface area contributed by atoms with Crippen LogP contribution in [0.2, 0.25) is 0 Å². The second-order valence-corrected chi connectivity index (χ2v) is 14.2. The van der Waals surface area contributed by atoms with Gasteiger partial charge in [-0.25, -0.2) is 18.0 Å². The van der Waals surface area contributed by atoms with Crippen LogP contribution in [0.1, 0.15) is 32.3 Å². The number of sulfonamides is 1. The predicted octanol–water partition coefficient (Wildman–Crippen LogP) is 2.39. The van der Waals surface area contributed by atoms with Crippen molar-refractivity contribution in [2.45, 2.75) is 62.5 Å². The maximum absolute atomic E-state index is 13.9. The van der Waals surface area contributed by atoms with Gasteiger partial charge >= 0.3 is 12.2 Å². The van der Waals surface area contributed by atoms with Gasteiger partial charge in [-0.2, -0.15) is 4.31 Å². The van der Waals surface area contributed by atoms with Gasteiger partial charge in [0.25, 0.3) is 0 Å². The van der Waals surface area contributed by atoms with E-state index in [0.717, 1.165) is 5.56 Å². The van der Waals surface area contributed by atoms with E-state index in [9.17, 15) is 23.1 Å². The summed E-state index contributed by atoms with van der Waals surface area (Å²) in [7, 11) is -4.09. The maximum atomic E-state index is 13.9. The Labute approximate surface area is 279 Å². The summed E-state index contributed by atoms with van der Waals surface area (Å²) in [5.41, 5.74) is 5.70. The average molecular weight is 694 g/mol. The maximum Gasteiger partial charge on any atom is 0.407 e. The molecule has 48 heavy (non-hydrogen) atoms. The molecule has 2 fully saturated rings. The zero-order chi connectivity index (χ0) is 34.3. The molecule has 0 saturated carbocycles. The van der Waals surface area contributed by atoms with Crippen molar-refractivity contribution in [3.05, 3.63) is 48.0 Å². The van der Waals surface area contributed by atoms with Gasteiger partial charge in [-0.15, -0.1) is 0 Å². The molecule has 2 saturated heterocycles. The topological polar surface area (TPSA) is 194 Å². The Balaban J connectivity index is 1.29. The molecule has 2 aromatic carbocycles. The number of benzene rings is 2. The number of primary amides is 1. The van der Waals surface area contributed by atoms with Gasteiger partial charge in [0, 0.05) is 25.6 Å². The molecule has 5 atom stereocenters. The molecular weight excluding hydrogens is 650 g/mol. The van der Waals surface area contributed by atoms with Crippen LogP contribution in [-0.2, 0) is 35.4 Å². The number of fused-ring (bicyclic) bond motifs is 2. The van der Waals surface area contributed by atoms with E-state index in [-0.39, 0.29) is 56.2 Å². The molecule has 264 valence electrons. The summed E-state index contributed by atoms with van der Waals surface area (Å²) in [6, 6.07) is 10.5. The summed E-state index contributed by atoms with van der Waals surface area (Å²) in [6.07, 6.45) is -2.55. The van der Waals surface area contributed by atoms with E-state index in [4.69, 9.17) is 38.9 Å². The first-order chi connectivity index (χ1) is 23.0. The fourth-order valence-corrected chi connectivity index (χ4v) is 7.39. The second kappa shape index (κ2) is 16.0. The van der Waals surface area contributed by atoms with Crippen molar-refractivity contribution >= 4 is 22.2 Å². The fourth-order valence-electron chi connectivity index (χ4n) is 5.75. The molecular formula is C32H43N3O12S. The molecule has 5 rings (SSSR count). The highest BCUT2D eigenvalue weighted by Gasteiger charge is 2.44. The average Bonchev–Trinajstić information content (AvgIpc) is 3.79. The summed E-state index contributed by atoms with van der Waals surface area (Å²) in [4.78, 5) is 23.9. The van der Waals surface area contributed by atoms with Crippen molar-refractivity contribution < 1.29 is 56.3 Å². The van der Waals surface area contributed by atoms with E-state index in [1.54, 1.807) is 24.3 Å². The number of alkyl carbamates (subject to hydrolysis) is 1. The van der Waals surface area contributed by atoms with Gasteiger partial charge in [0.15, 0.2) is 17.8 Å². The number of ether oxygens (including phenoxy) is 7. The van der Waals surface area contributed by atoms with Gasteiger partial charge < -0.3 is 49.3 Å². The Morgan fingerprint density at radius 2 is 1.83 bits per heavy atom. The van der Waals surface area contributed by atoms with Crippen molar-refractivity contribution in [1.29, 1.82) is 0 Å². The molecule has 5 unspecified atom stereocenters. The van der Waals surface area contributed by atoms with Crippen LogP contribution in [0.15, 0.2) is 47.4 Å². The molecule has 0 spiro atoms. The summed E-state index contributed by atoms with van der Waals surface area (Å²) in [5.74, 6) is 1.18. The molecule has 0 aromatic heterocycles. The summed E-state index contributed by atoms with van der Waals surface area (Å²) in [6.45, 7) is 4.70. The zero-order valence-electron chi connectivity index (χ0n) is 26.9. The number of hydrogen-bond acceptors (Lipinski definition) is 12. The molecule has 4 N–H and O–H groups in total. The van der Waals surface area contributed by atoms with Crippen LogP contribution in [-0.4, -0.2) is 101 Å². The SMILES string of the molecule is CC(C)CN(CC(O)C(Cc1ccc(OCCCOC(N)=O)cc1)NC(=O)OC1COC2OCCC12)S(=O)(=O)c1ccc2c(c1)OCO2. The number of nitrogens with zero attached hydrogens (tertiary/aromatic N) is 1. The normalized spacial score (nSPS) is 21.1. The van der Waals surface area contributed by atoms with Crippen molar-refractivity contribution in [3.63, 3.8) is 0 Å². The first-order valence-corrected chi connectivity index (χ1v) is 17.4. The monoisotopic (exact) mass is 693 g/mol. The van der Waals surface area contributed by atoms with E-state index in [1.807, 2.05) is 13.8 Å². The van der Waals surface area contributed by atoms with Crippen molar-refractivity contribution in [2.75, 3.05) is 46.3 Å². The number of nitrogens with two attached hydrogens (primary N) is 1. The van der Waals surface area contributed by atoms with Crippen LogP contribution in [0.5, 0.6) is 17.2 Å². The van der Waals surface area contributed by atoms with Crippen LogP contribution in [0.3, 0.4) is 0 Å². The Kier molecular flexibility index (Phi) is 11.9. The van der Waals surface area contributed by atoms with Gasteiger partial charge in [-0.1, -0.05) is 26.0 Å². The lowest BCUT2D eigenvalue weighted by Gasteiger charge is -2.31. The molecule has 0 radical (unpaired) electrons. The predicted molar refractivity (Wildman–Crippen MR) is 169 cm³/mol. The van der Waals surface area contributed by atoms with Crippen LogP contribution >= 0.6 is 0 Å². The highest BCUT2D eigenvalue weighted by molar-refractivity contribution is 7.89. The van der Waals surface area contributed by atoms with Crippen LogP contribution in [0.25, 0.3) is 0 Å². The van der Waals surface area contributed by atoms with E-state index >= 15 is 0 Å². The number of hydrogen-bond donors (Lipinski definition) is 3. The summed E-state index contributed by atoms with van der Waals surface area (Å²) in [5, 5.41) is 14.4. The van der Waals surface area contributed by atoms with Gasteiger partial charge in [-0.05, 0) is 48.6 Å². The number of carbonyl (C=O) groups excluding carboxylic acids is 2. The first-order valence-electron chi connectivity index (χ1n) is 15.9. The molecule has 0 aliphatic carbocycles. The van der Waals surface area contributed by atoms with Crippen LogP contribution in [0.4, 0.5) is 9.59 Å². The van der Waals surface area contributed by atoms with Gasteiger partial charge in [0.2, 0.25) is 16.8 Å². The fraction of sp³-hybridized carbons (Fsp3) is 0.562. The smallest absolute Gasteiger partial charge is 0.407 e. The molecule has 2 aromatic rings. The number of amides is 2. The minimum Gasteiger partial charge on any atom is -0.493 e. The third-order valence-corrected chi connectivity index (χ3v) is 9.96. The Morgan fingerprint density at radius 1 is 1.06 bits per heavy atom. The molecule has 3 aliphatic heterocycles. The molecule has 3 aliphatic rings. The lowest BCUT2D eigenvalue weighted by Crippen LogP contribution is -2.51. The highest BCUT2D eigenvalue weighted by Crippen LogP contribution is 2.35. The third kappa shape index (κ3) is 9.19. The van der Waals surface area contributed by atoms with Gasteiger partial charge in [0.1, 0.15) is 11.9 Å². The van der Waals surface area contributed by atoms with E-state index in [2.05, 4.69) is 5.32 Å². The molecule has 16 heteroatoms. The number of aliphatic hydroxyl groups excluding tert-OH is 1. The largest absolute Gasteiger partial charge is 0.493 e. The Morgan fingerprint density at radius 3 is 2.58 bits per heavy atom. The molecule has 0 bridgehead atoms. The highest BCUT2D eigenvalue weighted by atomic mass is 32.2. The second-order valence-electron chi connectivity index (χ2n) is 12.2. The molecule has 15 nitrogen and oxygen atoms in total. The van der Waals surface area contributed by atoms with Crippen LogP contribution < -0.4 is 25.3 Å². The van der Waals surface area contributed by atoms with Crippen LogP contribution in [0, 0.1) is 11.8 Å². The number of nitrogens with one attached hydrogen (secondary N) is 1. The lowest BCUT2D eigenvalue weighted by molar-refractivity contribution is -0.0907.